The summed E-state index contributed by atoms with van der Waals surface area (Å²) in [5, 5.41) is 42.0. The van der Waals surface area contributed by atoms with Crippen LogP contribution in [0.3, 0.4) is 0 Å². The van der Waals surface area contributed by atoms with Crippen molar-refractivity contribution in [3.8, 4) is 23.0 Å². The van der Waals surface area contributed by atoms with Gasteiger partial charge < -0.3 is 19.7 Å². The van der Waals surface area contributed by atoms with E-state index < -0.39 is 0 Å². The molecule has 8 aromatic carbocycles. The molecule has 0 unspecified atom stereocenters. The Bertz CT molecular complexity index is 2840. The van der Waals surface area contributed by atoms with Crippen LogP contribution in [-0.2, 0) is 12.8 Å². The van der Waals surface area contributed by atoms with E-state index in [4.69, 9.17) is 9.47 Å². The summed E-state index contributed by atoms with van der Waals surface area (Å²) < 4.78 is 10.6. The number of hydrogen-bond donors (Lipinski definition) is 2. The Morgan fingerprint density at radius 3 is 1.30 bits per heavy atom. The third kappa shape index (κ3) is 10.2. The topological polar surface area (TPSA) is 142 Å². The molecule has 8 aromatic rings. The van der Waals surface area contributed by atoms with E-state index in [1.165, 1.54) is 0 Å². The maximum absolute atomic E-state index is 13.1. The lowest BCUT2D eigenvalue weighted by Gasteiger charge is -2.10. The predicted octanol–water partition coefficient (Wildman–Crippen LogP) is 13.2. The van der Waals surface area contributed by atoms with Gasteiger partial charge in [-0.3, -0.25) is 9.59 Å². The second-order valence-electron chi connectivity index (χ2n) is 13.9. The van der Waals surface area contributed by atoms with E-state index >= 15 is 0 Å². The summed E-state index contributed by atoms with van der Waals surface area (Å²) in [6, 6.07) is 51.6. The zero-order chi connectivity index (χ0) is 42.6. The van der Waals surface area contributed by atoms with Crippen LogP contribution in [0.25, 0.3) is 21.5 Å². The number of fused-ring (bicyclic) bond motifs is 2. The third-order valence-corrected chi connectivity index (χ3v) is 9.76. The number of nitrogens with zero attached hydrogens (tertiary/aromatic N) is 4. The third-order valence-electron chi connectivity index (χ3n) is 9.76. The minimum absolute atomic E-state index is 0.158. The Morgan fingerprint density at radius 2 is 0.885 bits per heavy atom. The largest absolute Gasteiger partial charge is 0.505 e. The van der Waals surface area contributed by atoms with Gasteiger partial charge in [0.05, 0.1) is 36.2 Å². The van der Waals surface area contributed by atoms with E-state index in [1.54, 1.807) is 19.2 Å². The van der Waals surface area contributed by atoms with Crippen molar-refractivity contribution < 1.29 is 29.3 Å². The number of aromatic hydroxyl groups is 2. The predicted molar refractivity (Wildman–Crippen MR) is 239 cm³/mol. The van der Waals surface area contributed by atoms with Gasteiger partial charge in [-0.05, 0) is 89.5 Å². The van der Waals surface area contributed by atoms with E-state index in [0.29, 0.717) is 18.0 Å². The van der Waals surface area contributed by atoms with Gasteiger partial charge in [0.2, 0.25) is 0 Å². The lowest BCUT2D eigenvalue weighted by molar-refractivity contribution is 0.0982. The van der Waals surface area contributed by atoms with Crippen LogP contribution >= 0.6 is 0 Å². The molecule has 0 atom stereocenters. The fourth-order valence-corrected chi connectivity index (χ4v) is 6.64. The molecule has 302 valence electrons. The average molecular weight is 807 g/mol. The first kappa shape index (κ1) is 41.2. The number of phenolic OH excluding ortho intramolecular Hbond substituents is 2. The molecule has 0 aliphatic rings. The molecule has 0 amide bonds. The number of hydrogen-bond acceptors (Lipinski definition) is 10. The molecule has 0 heterocycles. The van der Waals surface area contributed by atoms with Gasteiger partial charge in [-0.1, -0.05) is 109 Å². The Balaban J connectivity index is 0.000000184. The molecule has 0 radical (unpaired) electrons. The molecule has 10 heteroatoms. The first-order valence-electron chi connectivity index (χ1n) is 19.6. The van der Waals surface area contributed by atoms with Crippen molar-refractivity contribution in [3.63, 3.8) is 0 Å². The standard InChI is InChI=1S/C26H22N2O3.C25H20N2O3/c1-2-31-21-14-12-18(13-15-21)16-24(29)23-17-19-8-6-7-11-22(19)25(26(23)30)28-27-20-9-4-3-5-10-20;1-30-20-13-11-17(12-14-20)15-23(28)22-16-18-7-5-6-10-21(18)24(25(22)29)27-26-19-8-3-2-4-9-19/h3-15,17,30H,2,16H2,1H3;2-14,16,29H,15H2,1H3. The lowest BCUT2D eigenvalue weighted by atomic mass is 9.97. The second-order valence-corrected chi connectivity index (χ2v) is 13.9. The highest BCUT2D eigenvalue weighted by atomic mass is 16.5. The number of benzene rings is 8. The fourth-order valence-electron chi connectivity index (χ4n) is 6.64. The monoisotopic (exact) mass is 806 g/mol. The first-order valence-corrected chi connectivity index (χ1v) is 19.6. The maximum Gasteiger partial charge on any atom is 0.171 e. The van der Waals surface area contributed by atoms with E-state index in [1.807, 2.05) is 165 Å². The van der Waals surface area contributed by atoms with Gasteiger partial charge in [-0.15, -0.1) is 10.2 Å². The van der Waals surface area contributed by atoms with Gasteiger partial charge in [-0.2, -0.15) is 10.2 Å². The van der Waals surface area contributed by atoms with Gasteiger partial charge in [0.15, 0.2) is 23.1 Å². The van der Waals surface area contributed by atoms with Crippen molar-refractivity contribution in [2.24, 2.45) is 20.5 Å². The molecule has 0 aliphatic heterocycles. The minimum Gasteiger partial charge on any atom is -0.505 e. The van der Waals surface area contributed by atoms with Crippen molar-refractivity contribution >= 4 is 55.9 Å². The van der Waals surface area contributed by atoms with E-state index in [-0.39, 0.29) is 58.4 Å². The normalized spacial score (nSPS) is 11.1. The summed E-state index contributed by atoms with van der Waals surface area (Å²) in [5.74, 6) is 0.781. The number of ether oxygens (including phenoxy) is 2. The molecule has 0 spiro atoms. The first-order chi connectivity index (χ1) is 29.8. The molecule has 61 heavy (non-hydrogen) atoms. The number of Topliss-reactive ketones (excluding diaryl/α,β-unsaturated/α-hetero) is 2. The van der Waals surface area contributed by atoms with Crippen LogP contribution in [-0.4, -0.2) is 35.5 Å². The molecular weight excluding hydrogens is 765 g/mol. The fraction of sp³-hybridized carbons (Fsp3) is 0.0980. The number of ketones is 2. The Morgan fingerprint density at radius 1 is 0.492 bits per heavy atom. The summed E-state index contributed by atoms with van der Waals surface area (Å²) in [5.41, 5.74) is 4.04. The number of carbonyl (C=O) groups is 2. The van der Waals surface area contributed by atoms with Gasteiger partial charge >= 0.3 is 0 Å². The SMILES string of the molecule is CCOc1ccc(CC(=O)c2cc3ccccc3c(N=Nc3ccccc3)c2O)cc1.COc1ccc(CC(=O)c2cc3ccccc3c(N=Nc3ccccc3)c2O)cc1. The summed E-state index contributed by atoms with van der Waals surface area (Å²) in [6.07, 6.45) is 0.318. The van der Waals surface area contributed by atoms with Crippen LogP contribution in [0.5, 0.6) is 23.0 Å². The quantitative estimate of drug-likeness (QED) is 0.0877. The van der Waals surface area contributed by atoms with E-state index in [9.17, 15) is 19.8 Å². The second kappa shape index (κ2) is 19.6. The van der Waals surface area contributed by atoms with Gasteiger partial charge in [-0.25, -0.2) is 0 Å². The van der Waals surface area contributed by atoms with Crippen molar-refractivity contribution in [1.82, 2.24) is 0 Å². The highest BCUT2D eigenvalue weighted by Gasteiger charge is 2.20. The average Bonchev–Trinajstić information content (AvgIpc) is 3.30. The van der Waals surface area contributed by atoms with Gasteiger partial charge in [0, 0.05) is 23.6 Å². The molecule has 10 nitrogen and oxygen atoms in total. The number of azo groups is 2. The smallest absolute Gasteiger partial charge is 0.171 e. The van der Waals surface area contributed by atoms with Crippen LogP contribution in [0.4, 0.5) is 22.7 Å². The lowest BCUT2D eigenvalue weighted by Crippen LogP contribution is -2.04. The van der Waals surface area contributed by atoms with E-state index in [0.717, 1.165) is 44.2 Å². The van der Waals surface area contributed by atoms with Gasteiger partial charge in [0.25, 0.3) is 0 Å². The maximum atomic E-state index is 13.1. The molecule has 0 aromatic heterocycles. The molecule has 0 saturated carbocycles. The molecule has 0 fully saturated rings. The number of carbonyl (C=O) groups excluding carboxylic acids is 2. The highest BCUT2D eigenvalue weighted by Crippen LogP contribution is 2.41. The summed E-state index contributed by atoms with van der Waals surface area (Å²) in [6.45, 7) is 2.51. The highest BCUT2D eigenvalue weighted by molar-refractivity contribution is 6.09. The number of methoxy groups -OCH3 is 1. The van der Waals surface area contributed by atoms with Crippen molar-refractivity contribution in [2.75, 3.05) is 13.7 Å². The molecule has 0 aliphatic carbocycles. The summed E-state index contributed by atoms with van der Waals surface area (Å²) in [4.78, 5) is 26.0. The molecule has 0 saturated heterocycles. The van der Waals surface area contributed by atoms with E-state index in [2.05, 4.69) is 20.5 Å². The van der Waals surface area contributed by atoms with Crippen LogP contribution < -0.4 is 9.47 Å². The van der Waals surface area contributed by atoms with Crippen molar-refractivity contribution in [3.05, 3.63) is 192 Å². The Kier molecular flexibility index (Phi) is 13.3. The molecule has 8 rings (SSSR count). The Labute approximate surface area is 353 Å². The molecular formula is C51H42N4O6. The zero-order valence-electron chi connectivity index (χ0n) is 33.6. The number of rotatable bonds is 13. The molecule has 0 bridgehead atoms. The number of phenols is 2. The summed E-state index contributed by atoms with van der Waals surface area (Å²) >= 11 is 0. The molecule has 2 N–H and O–H groups in total. The summed E-state index contributed by atoms with van der Waals surface area (Å²) in [7, 11) is 1.60. The zero-order valence-corrected chi connectivity index (χ0v) is 33.6. The van der Waals surface area contributed by atoms with Crippen LogP contribution in [0.2, 0.25) is 0 Å². The Hall–Kier alpha value is -7.98. The van der Waals surface area contributed by atoms with Crippen LogP contribution in [0.15, 0.2) is 190 Å². The van der Waals surface area contributed by atoms with Crippen LogP contribution in [0.1, 0.15) is 38.8 Å². The van der Waals surface area contributed by atoms with Gasteiger partial charge in [0.1, 0.15) is 22.9 Å². The van der Waals surface area contributed by atoms with Crippen LogP contribution in [0, 0.1) is 0 Å². The minimum atomic E-state index is -0.195. The van der Waals surface area contributed by atoms with Crippen molar-refractivity contribution in [1.29, 1.82) is 0 Å². The van der Waals surface area contributed by atoms with Crippen molar-refractivity contribution in [2.45, 2.75) is 19.8 Å².